The summed E-state index contributed by atoms with van der Waals surface area (Å²) in [5.41, 5.74) is 2.84. The maximum Gasteiger partial charge on any atom is 0.258 e. The number of halogens is 1. The molecule has 0 aliphatic heterocycles. The molecule has 0 fully saturated rings. The summed E-state index contributed by atoms with van der Waals surface area (Å²) in [5, 5.41) is 7.23. The van der Waals surface area contributed by atoms with Crippen LogP contribution in [0.1, 0.15) is 17.0 Å². The van der Waals surface area contributed by atoms with Crippen molar-refractivity contribution < 1.29 is 14.1 Å². The van der Waals surface area contributed by atoms with Crippen LogP contribution in [0.2, 0.25) is 5.02 Å². The van der Waals surface area contributed by atoms with Gasteiger partial charge in [-0.05, 0) is 55.3 Å². The highest BCUT2D eigenvalue weighted by atomic mass is 35.5. The van der Waals surface area contributed by atoms with Gasteiger partial charge in [-0.25, -0.2) is 0 Å². The van der Waals surface area contributed by atoms with Crippen LogP contribution in [0.15, 0.2) is 47.0 Å². The number of carbonyl (C=O) groups is 1. The fraction of sp³-hybridized carbons (Fsp3) is 0.211. The first-order valence-electron chi connectivity index (χ1n) is 8.06. The second kappa shape index (κ2) is 8.01. The van der Waals surface area contributed by atoms with E-state index in [1.807, 2.05) is 32.0 Å². The van der Waals surface area contributed by atoms with E-state index >= 15 is 0 Å². The first kappa shape index (κ1) is 17.9. The Bertz CT molecular complexity index is 907. The highest BCUT2D eigenvalue weighted by Gasteiger charge is 2.11. The Balaban J connectivity index is 1.52. The van der Waals surface area contributed by atoms with Crippen molar-refractivity contribution in [3.05, 3.63) is 64.5 Å². The minimum Gasteiger partial charge on any atom is -0.483 e. The molecule has 0 saturated heterocycles. The number of ether oxygens (including phenoxy) is 1. The summed E-state index contributed by atoms with van der Waals surface area (Å²) in [4.78, 5) is 16.2. The van der Waals surface area contributed by atoms with Crippen LogP contribution in [0.25, 0.3) is 11.4 Å². The lowest BCUT2D eigenvalue weighted by Gasteiger charge is -2.09. The first-order valence-corrected chi connectivity index (χ1v) is 8.44. The molecular weight excluding hydrogens is 354 g/mol. The molecule has 0 aliphatic carbocycles. The van der Waals surface area contributed by atoms with Gasteiger partial charge in [0.15, 0.2) is 6.61 Å². The zero-order valence-corrected chi connectivity index (χ0v) is 15.2. The number of hydrogen-bond acceptors (Lipinski definition) is 5. The van der Waals surface area contributed by atoms with E-state index in [0.717, 1.165) is 16.7 Å². The summed E-state index contributed by atoms with van der Waals surface area (Å²) in [7, 11) is 0. The second-order valence-electron chi connectivity index (χ2n) is 5.85. The van der Waals surface area contributed by atoms with Crippen molar-refractivity contribution in [1.82, 2.24) is 15.5 Å². The van der Waals surface area contributed by atoms with Gasteiger partial charge in [-0.15, -0.1) is 0 Å². The summed E-state index contributed by atoms with van der Waals surface area (Å²) >= 11 is 5.86. The lowest BCUT2D eigenvalue weighted by Crippen LogP contribution is -2.28. The molecule has 0 bridgehead atoms. The number of rotatable bonds is 6. The van der Waals surface area contributed by atoms with E-state index in [1.54, 1.807) is 24.3 Å². The molecular formula is C19H18ClN3O3. The highest BCUT2D eigenvalue weighted by Crippen LogP contribution is 2.19. The van der Waals surface area contributed by atoms with Gasteiger partial charge in [0.05, 0.1) is 6.54 Å². The van der Waals surface area contributed by atoms with Crippen LogP contribution in [-0.2, 0) is 11.3 Å². The predicted molar refractivity (Wildman–Crippen MR) is 98.0 cm³/mol. The van der Waals surface area contributed by atoms with E-state index in [-0.39, 0.29) is 19.1 Å². The summed E-state index contributed by atoms with van der Waals surface area (Å²) in [6, 6.07) is 13.0. The van der Waals surface area contributed by atoms with Gasteiger partial charge in [0.1, 0.15) is 5.75 Å². The van der Waals surface area contributed by atoms with Crippen molar-refractivity contribution in [2.75, 3.05) is 6.61 Å². The Kier molecular flexibility index (Phi) is 5.53. The molecule has 1 aromatic heterocycles. The van der Waals surface area contributed by atoms with Crippen LogP contribution in [0, 0.1) is 13.8 Å². The van der Waals surface area contributed by atoms with E-state index in [4.69, 9.17) is 20.9 Å². The Morgan fingerprint density at radius 2 is 1.96 bits per heavy atom. The van der Waals surface area contributed by atoms with Crippen LogP contribution < -0.4 is 10.1 Å². The molecule has 0 spiro atoms. The van der Waals surface area contributed by atoms with Gasteiger partial charge in [0, 0.05) is 10.6 Å². The Morgan fingerprint density at radius 1 is 1.19 bits per heavy atom. The molecule has 3 aromatic rings. The van der Waals surface area contributed by atoms with Crippen LogP contribution in [0.4, 0.5) is 0 Å². The van der Waals surface area contributed by atoms with E-state index in [2.05, 4.69) is 15.5 Å². The molecule has 7 heteroatoms. The predicted octanol–water partition coefficient (Wildman–Crippen LogP) is 3.70. The maximum absolute atomic E-state index is 12.0. The number of benzene rings is 2. The lowest BCUT2D eigenvalue weighted by atomic mass is 10.1. The van der Waals surface area contributed by atoms with Crippen LogP contribution in [-0.4, -0.2) is 22.7 Å². The molecule has 1 heterocycles. The van der Waals surface area contributed by atoms with E-state index in [9.17, 15) is 4.79 Å². The summed E-state index contributed by atoms with van der Waals surface area (Å²) in [6.45, 7) is 3.96. The number of hydrogen-bond donors (Lipinski definition) is 1. The fourth-order valence-electron chi connectivity index (χ4n) is 2.27. The molecule has 0 unspecified atom stereocenters. The lowest BCUT2D eigenvalue weighted by molar-refractivity contribution is -0.123. The van der Waals surface area contributed by atoms with Crippen molar-refractivity contribution in [1.29, 1.82) is 0 Å². The van der Waals surface area contributed by atoms with Crippen LogP contribution in [0.3, 0.4) is 0 Å². The van der Waals surface area contributed by atoms with Gasteiger partial charge in [-0.1, -0.05) is 28.9 Å². The number of carbonyl (C=O) groups excluding carboxylic acids is 1. The molecule has 0 saturated carbocycles. The quantitative estimate of drug-likeness (QED) is 0.714. The van der Waals surface area contributed by atoms with Gasteiger partial charge in [0.2, 0.25) is 11.7 Å². The molecule has 1 amide bonds. The van der Waals surface area contributed by atoms with E-state index in [0.29, 0.717) is 22.5 Å². The van der Waals surface area contributed by atoms with E-state index < -0.39 is 0 Å². The standard InChI is InChI=1S/C19H18ClN3O3/c1-12-3-4-13(2)16(9-12)25-11-17(24)21-10-18-22-19(23-26-18)14-5-7-15(20)8-6-14/h3-9H,10-11H2,1-2H3,(H,21,24). The van der Waals surface area contributed by atoms with Crippen molar-refractivity contribution in [2.24, 2.45) is 0 Å². The molecule has 0 atom stereocenters. The zero-order chi connectivity index (χ0) is 18.5. The molecule has 1 N–H and O–H groups in total. The Hall–Kier alpha value is -2.86. The third-order valence-corrected chi connectivity index (χ3v) is 3.96. The molecule has 3 rings (SSSR count). The second-order valence-corrected chi connectivity index (χ2v) is 6.29. The number of amides is 1. The molecule has 6 nitrogen and oxygen atoms in total. The smallest absolute Gasteiger partial charge is 0.258 e. The molecule has 2 aromatic carbocycles. The third kappa shape index (κ3) is 4.61. The Morgan fingerprint density at radius 3 is 2.73 bits per heavy atom. The number of nitrogens with zero attached hydrogens (tertiary/aromatic N) is 2. The third-order valence-electron chi connectivity index (χ3n) is 3.71. The summed E-state index contributed by atoms with van der Waals surface area (Å²) < 4.78 is 10.7. The molecule has 134 valence electrons. The first-order chi connectivity index (χ1) is 12.5. The van der Waals surface area contributed by atoms with E-state index in [1.165, 1.54) is 0 Å². The average molecular weight is 372 g/mol. The largest absolute Gasteiger partial charge is 0.483 e. The number of nitrogens with one attached hydrogen (secondary N) is 1. The summed E-state index contributed by atoms with van der Waals surface area (Å²) in [6.07, 6.45) is 0. The van der Waals surface area contributed by atoms with Crippen LogP contribution in [0.5, 0.6) is 5.75 Å². The molecule has 0 aliphatic rings. The van der Waals surface area contributed by atoms with Crippen molar-refractivity contribution >= 4 is 17.5 Å². The van der Waals surface area contributed by atoms with Gasteiger partial charge >= 0.3 is 0 Å². The van der Waals surface area contributed by atoms with Crippen LogP contribution >= 0.6 is 11.6 Å². The highest BCUT2D eigenvalue weighted by molar-refractivity contribution is 6.30. The Labute approximate surface area is 156 Å². The number of aromatic nitrogens is 2. The normalized spacial score (nSPS) is 10.6. The fourth-order valence-corrected chi connectivity index (χ4v) is 2.40. The van der Waals surface area contributed by atoms with Gasteiger partial charge in [0.25, 0.3) is 5.91 Å². The minimum absolute atomic E-state index is 0.0809. The van der Waals surface area contributed by atoms with Gasteiger partial charge < -0.3 is 14.6 Å². The SMILES string of the molecule is Cc1ccc(C)c(OCC(=O)NCc2nc(-c3ccc(Cl)cc3)no2)c1. The maximum atomic E-state index is 12.0. The number of aryl methyl sites for hydroxylation is 2. The van der Waals surface area contributed by atoms with Gasteiger partial charge in [-0.3, -0.25) is 4.79 Å². The summed E-state index contributed by atoms with van der Waals surface area (Å²) in [5.74, 6) is 1.19. The molecule has 26 heavy (non-hydrogen) atoms. The topological polar surface area (TPSA) is 77.2 Å². The van der Waals surface area contributed by atoms with Crippen molar-refractivity contribution in [3.8, 4) is 17.1 Å². The van der Waals surface area contributed by atoms with Crippen molar-refractivity contribution in [3.63, 3.8) is 0 Å². The minimum atomic E-state index is -0.267. The monoisotopic (exact) mass is 371 g/mol. The van der Waals surface area contributed by atoms with Crippen molar-refractivity contribution in [2.45, 2.75) is 20.4 Å². The zero-order valence-electron chi connectivity index (χ0n) is 14.5. The molecule has 0 radical (unpaired) electrons. The van der Waals surface area contributed by atoms with Gasteiger partial charge in [-0.2, -0.15) is 4.98 Å². The average Bonchev–Trinajstić information content (AvgIpc) is 3.10.